The molecule has 1 atom stereocenters. The molecule has 2 aromatic heterocycles. The lowest BCUT2D eigenvalue weighted by atomic mass is 9.94. The second-order valence-corrected chi connectivity index (χ2v) is 9.02. The van der Waals surface area contributed by atoms with E-state index in [2.05, 4.69) is 21.4 Å². The van der Waals surface area contributed by atoms with E-state index in [4.69, 9.17) is 9.72 Å². The first-order valence-corrected chi connectivity index (χ1v) is 11.9. The number of ketones is 1. The van der Waals surface area contributed by atoms with E-state index in [1.54, 1.807) is 0 Å². The number of nitrogens with zero attached hydrogens (tertiary/aromatic N) is 3. The quantitative estimate of drug-likeness (QED) is 0.464. The Morgan fingerprint density at radius 1 is 1.21 bits per heavy atom. The van der Waals surface area contributed by atoms with Crippen molar-refractivity contribution in [1.82, 2.24) is 15.0 Å². The number of hydrogen-bond donors (Lipinski definition) is 2. The third kappa shape index (κ3) is 6.06. The molecule has 1 aliphatic carbocycles. The predicted molar refractivity (Wildman–Crippen MR) is 124 cm³/mol. The molecule has 0 unspecified atom stereocenters. The Labute approximate surface area is 194 Å². The van der Waals surface area contributed by atoms with Gasteiger partial charge in [0.2, 0.25) is 0 Å². The first kappa shape index (κ1) is 23.1. The number of aromatic nitrogens is 3. The minimum atomic E-state index is -0.976. The molecule has 1 aliphatic heterocycles. The molecule has 0 bridgehead atoms. The molecule has 2 N–H and O–H groups in total. The van der Waals surface area contributed by atoms with Crippen LogP contribution in [0.15, 0.2) is 18.5 Å². The fourth-order valence-electron chi connectivity index (χ4n) is 4.48. The topological polar surface area (TPSA) is 114 Å². The van der Waals surface area contributed by atoms with Crippen LogP contribution in [-0.4, -0.2) is 45.5 Å². The van der Waals surface area contributed by atoms with Crippen LogP contribution in [0.25, 0.3) is 0 Å². The van der Waals surface area contributed by atoms with Crippen molar-refractivity contribution in [2.24, 2.45) is 0 Å². The second-order valence-electron chi connectivity index (χ2n) is 9.02. The van der Waals surface area contributed by atoms with Gasteiger partial charge >= 0.3 is 12.0 Å². The lowest BCUT2D eigenvalue weighted by molar-refractivity contribution is -0.139. The molecule has 8 heteroatoms. The van der Waals surface area contributed by atoms with E-state index < -0.39 is 11.9 Å². The Morgan fingerprint density at radius 3 is 2.70 bits per heavy atom. The lowest BCUT2D eigenvalue weighted by Crippen LogP contribution is -2.15. The van der Waals surface area contributed by atoms with Crippen molar-refractivity contribution >= 4 is 17.6 Å². The van der Waals surface area contributed by atoms with E-state index >= 15 is 0 Å². The number of rotatable bonds is 12. The predicted octanol–water partition coefficient (Wildman–Crippen LogP) is 4.05. The number of carbonyl (C=O) groups is 2. The fourth-order valence-corrected chi connectivity index (χ4v) is 4.48. The lowest BCUT2D eigenvalue weighted by Gasteiger charge is -2.20. The van der Waals surface area contributed by atoms with Gasteiger partial charge in [0.25, 0.3) is 0 Å². The van der Waals surface area contributed by atoms with Gasteiger partial charge in [0, 0.05) is 43.0 Å². The molecule has 1 fully saturated rings. The molecule has 2 aromatic rings. The molecule has 3 heterocycles. The molecule has 176 valence electrons. The van der Waals surface area contributed by atoms with Crippen molar-refractivity contribution in [2.75, 3.05) is 19.0 Å². The maximum absolute atomic E-state index is 12.4. The highest BCUT2D eigenvalue weighted by Crippen LogP contribution is 2.43. The number of ether oxygens (including phenoxy) is 1. The number of anilines is 1. The second kappa shape index (κ2) is 10.7. The molecule has 0 saturated heterocycles. The molecule has 1 saturated carbocycles. The van der Waals surface area contributed by atoms with E-state index in [9.17, 15) is 14.7 Å². The number of aryl methyl sites for hydroxylation is 2. The summed E-state index contributed by atoms with van der Waals surface area (Å²) in [4.78, 5) is 37.0. The maximum Gasteiger partial charge on any atom is 0.316 e. The van der Waals surface area contributed by atoms with Crippen molar-refractivity contribution in [3.63, 3.8) is 0 Å². The van der Waals surface area contributed by atoms with Crippen molar-refractivity contribution < 1.29 is 19.4 Å². The van der Waals surface area contributed by atoms with Gasteiger partial charge in [-0.3, -0.25) is 9.59 Å². The van der Waals surface area contributed by atoms with Gasteiger partial charge in [-0.2, -0.15) is 0 Å². The fraction of sp³-hybridized carbons (Fsp3) is 0.560. The Morgan fingerprint density at radius 2 is 2.00 bits per heavy atom. The van der Waals surface area contributed by atoms with Crippen LogP contribution in [-0.2, 0) is 22.4 Å². The highest BCUT2D eigenvalue weighted by atomic mass is 16.5. The van der Waals surface area contributed by atoms with Crippen LogP contribution in [0, 0.1) is 0 Å². The molecule has 0 amide bonds. The van der Waals surface area contributed by atoms with Crippen LogP contribution in [0.3, 0.4) is 0 Å². The van der Waals surface area contributed by atoms with E-state index in [1.165, 1.54) is 49.2 Å². The summed E-state index contributed by atoms with van der Waals surface area (Å²) in [6.07, 6.45) is 11.2. The van der Waals surface area contributed by atoms with Crippen molar-refractivity contribution in [1.29, 1.82) is 0 Å². The third-order valence-corrected chi connectivity index (χ3v) is 6.51. The molecule has 2 aliphatic rings. The SMILES string of the molecule is COc1ncc([C@@H](CCC(=O)CCCCc2nc3c(cc2C2CC2)CCCN3)C(=O)O)cn1. The zero-order chi connectivity index (χ0) is 23.2. The Bertz CT molecular complexity index is 989. The summed E-state index contributed by atoms with van der Waals surface area (Å²) < 4.78 is 4.91. The van der Waals surface area contributed by atoms with Crippen LogP contribution in [0.1, 0.15) is 85.6 Å². The van der Waals surface area contributed by atoms with Gasteiger partial charge in [0.15, 0.2) is 0 Å². The van der Waals surface area contributed by atoms with E-state index in [-0.39, 0.29) is 24.6 Å². The number of Topliss-reactive ketones (excluding diaryl/α,β-unsaturated/α-hetero) is 1. The summed E-state index contributed by atoms with van der Waals surface area (Å²) in [7, 11) is 1.45. The van der Waals surface area contributed by atoms with E-state index in [0.29, 0.717) is 17.9 Å². The Balaban J connectivity index is 1.25. The van der Waals surface area contributed by atoms with Crippen LogP contribution < -0.4 is 10.1 Å². The summed E-state index contributed by atoms with van der Waals surface area (Å²) in [6.45, 7) is 0.983. The number of fused-ring (bicyclic) bond motifs is 1. The zero-order valence-electron chi connectivity index (χ0n) is 19.2. The van der Waals surface area contributed by atoms with Gasteiger partial charge in [-0.15, -0.1) is 0 Å². The summed E-state index contributed by atoms with van der Waals surface area (Å²) in [5.74, 6) is 0.0257. The molecule has 0 radical (unpaired) electrons. The third-order valence-electron chi connectivity index (χ3n) is 6.51. The minimum absolute atomic E-state index is 0.0955. The number of carboxylic acids is 1. The Hall–Kier alpha value is -3.03. The Kier molecular flexibility index (Phi) is 7.52. The van der Waals surface area contributed by atoms with Gasteiger partial charge in [-0.25, -0.2) is 15.0 Å². The number of unbranched alkanes of at least 4 members (excludes halogenated alkanes) is 1. The number of pyridine rings is 1. The zero-order valence-corrected chi connectivity index (χ0v) is 19.2. The van der Waals surface area contributed by atoms with E-state index in [0.717, 1.165) is 44.5 Å². The number of methoxy groups -OCH3 is 1. The van der Waals surface area contributed by atoms with Gasteiger partial charge in [-0.05, 0) is 68.4 Å². The monoisotopic (exact) mass is 452 g/mol. The molecule has 0 spiro atoms. The smallest absolute Gasteiger partial charge is 0.316 e. The normalized spacial score (nSPS) is 15.9. The summed E-state index contributed by atoms with van der Waals surface area (Å²) in [6, 6.07) is 2.55. The van der Waals surface area contributed by atoms with Crippen molar-refractivity contribution in [3.8, 4) is 6.01 Å². The van der Waals surface area contributed by atoms with Crippen LogP contribution >= 0.6 is 0 Å². The van der Waals surface area contributed by atoms with Crippen LogP contribution in [0.4, 0.5) is 5.82 Å². The van der Waals surface area contributed by atoms with Crippen LogP contribution in [0.5, 0.6) is 6.01 Å². The summed E-state index contributed by atoms with van der Waals surface area (Å²) in [5, 5.41) is 13.0. The number of nitrogens with one attached hydrogen (secondary N) is 1. The highest BCUT2D eigenvalue weighted by molar-refractivity contribution is 5.80. The maximum atomic E-state index is 12.4. The molecule has 33 heavy (non-hydrogen) atoms. The molecular formula is C25H32N4O4. The largest absolute Gasteiger partial charge is 0.481 e. The van der Waals surface area contributed by atoms with Crippen molar-refractivity contribution in [3.05, 3.63) is 40.8 Å². The standard InChI is InChI=1S/C25H32N4O4/c1-33-25-27-14-18(15-28-25)20(24(31)32)11-10-19(30)6-2-3-7-22-21(16-8-9-16)13-17-5-4-12-26-23(17)29-22/h13-16,20H,2-12H2,1H3,(H,26,29)(H,31,32)/t20-/m1/s1. The average Bonchev–Trinajstić information content (AvgIpc) is 3.67. The number of hydrogen-bond acceptors (Lipinski definition) is 7. The summed E-state index contributed by atoms with van der Waals surface area (Å²) >= 11 is 0. The first-order chi connectivity index (χ1) is 16.0. The summed E-state index contributed by atoms with van der Waals surface area (Å²) in [5.41, 5.74) is 4.42. The number of carbonyl (C=O) groups excluding carboxylic acids is 1. The van der Waals surface area contributed by atoms with Gasteiger partial charge in [0.1, 0.15) is 11.6 Å². The first-order valence-electron chi connectivity index (χ1n) is 11.9. The minimum Gasteiger partial charge on any atom is -0.481 e. The van der Waals surface area contributed by atoms with Crippen molar-refractivity contribution in [2.45, 2.75) is 76.0 Å². The van der Waals surface area contributed by atoms with Gasteiger partial charge < -0.3 is 15.2 Å². The number of carboxylic acid groups (broad SMARTS) is 1. The molecule has 0 aromatic carbocycles. The van der Waals surface area contributed by atoms with E-state index in [1.807, 2.05) is 0 Å². The molecule has 8 nitrogen and oxygen atoms in total. The highest BCUT2D eigenvalue weighted by Gasteiger charge is 2.28. The molecule has 4 rings (SSSR count). The number of aliphatic carboxylic acids is 1. The average molecular weight is 453 g/mol. The van der Waals surface area contributed by atoms with Gasteiger partial charge in [-0.1, -0.05) is 6.07 Å². The molecular weight excluding hydrogens is 420 g/mol. The van der Waals surface area contributed by atoms with Crippen LogP contribution in [0.2, 0.25) is 0 Å². The van der Waals surface area contributed by atoms with Gasteiger partial charge in [0.05, 0.1) is 13.0 Å².